The van der Waals surface area contributed by atoms with Gasteiger partial charge in [-0.1, -0.05) is 0 Å². The zero-order chi connectivity index (χ0) is 12.8. The normalized spacial score (nSPS) is 27.9. The second-order valence-electron chi connectivity index (χ2n) is 5.26. The third-order valence-electron chi connectivity index (χ3n) is 3.99. The lowest BCUT2D eigenvalue weighted by Crippen LogP contribution is -2.41. The maximum atomic E-state index is 10.6. The van der Waals surface area contributed by atoms with Crippen LogP contribution in [0.2, 0.25) is 0 Å². The third-order valence-corrected chi connectivity index (χ3v) is 3.99. The van der Waals surface area contributed by atoms with Crippen LogP contribution in [0.1, 0.15) is 25.7 Å². The van der Waals surface area contributed by atoms with Crippen molar-refractivity contribution >= 4 is 12.7 Å². The van der Waals surface area contributed by atoms with Gasteiger partial charge in [0.15, 0.2) is 13.1 Å². The van der Waals surface area contributed by atoms with E-state index >= 15 is 0 Å². The number of amides is 1. The number of quaternary nitrogens is 1. The number of piperidine rings is 1. The van der Waals surface area contributed by atoms with Gasteiger partial charge in [0, 0.05) is 13.1 Å². The lowest BCUT2D eigenvalue weighted by atomic mass is 9.92. The smallest absolute Gasteiger partial charge is 0.209 e. The van der Waals surface area contributed by atoms with Crippen molar-refractivity contribution in [2.45, 2.75) is 25.7 Å². The Morgan fingerprint density at radius 2 is 2.22 bits per heavy atom. The molecule has 0 bridgehead atoms. The molecule has 2 aliphatic rings. The molecule has 0 aromatic rings. The lowest BCUT2D eigenvalue weighted by Gasteiger charge is -2.30. The Hall–Kier alpha value is -1.20. The van der Waals surface area contributed by atoms with Gasteiger partial charge in [0.1, 0.15) is 6.20 Å². The summed E-state index contributed by atoms with van der Waals surface area (Å²) in [4.78, 5) is 16.5. The van der Waals surface area contributed by atoms with Crippen LogP contribution in [-0.2, 0) is 4.79 Å². The van der Waals surface area contributed by atoms with Gasteiger partial charge in [-0.15, -0.1) is 0 Å². The van der Waals surface area contributed by atoms with Crippen LogP contribution in [0.5, 0.6) is 0 Å². The summed E-state index contributed by atoms with van der Waals surface area (Å²) in [5, 5.41) is 9.40. The molecular formula is C13H22N3O2+. The summed E-state index contributed by atoms with van der Waals surface area (Å²) < 4.78 is 0.465. The molecule has 5 heteroatoms. The molecule has 0 aromatic heterocycles. The number of aliphatic hydroxyl groups excluding tert-OH is 1. The number of hydrogen-bond donors (Lipinski definition) is 1. The van der Waals surface area contributed by atoms with E-state index in [-0.39, 0.29) is 6.73 Å². The first-order chi connectivity index (χ1) is 8.78. The average molecular weight is 252 g/mol. The number of carbonyl (C=O) groups excluding carboxylic acids is 1. The molecule has 2 aliphatic heterocycles. The van der Waals surface area contributed by atoms with Crippen molar-refractivity contribution in [1.82, 2.24) is 4.90 Å². The van der Waals surface area contributed by atoms with Crippen LogP contribution >= 0.6 is 0 Å². The summed E-state index contributed by atoms with van der Waals surface area (Å²) in [6.45, 7) is 2.79. The van der Waals surface area contributed by atoms with Crippen molar-refractivity contribution in [2.24, 2.45) is 10.9 Å². The van der Waals surface area contributed by atoms with Crippen LogP contribution in [0.25, 0.3) is 0 Å². The molecule has 5 nitrogen and oxygen atoms in total. The molecule has 2 heterocycles. The minimum absolute atomic E-state index is 0.0869. The number of carbonyl (C=O) groups is 1. The number of likely N-dealkylation sites (tertiary alicyclic amines) is 1. The van der Waals surface area contributed by atoms with E-state index in [1.807, 2.05) is 11.1 Å². The standard InChI is InChI=1S/C13H22N3O2/c17-11-15-6-3-13(4-7-15)2-1-8-16(12-18)9-5-14-10-16/h5,9-11,13,18H,1-4,6-8,12H2/q+1. The predicted molar refractivity (Wildman–Crippen MR) is 69.4 cm³/mol. The minimum Gasteiger partial charge on any atom is -0.347 e. The summed E-state index contributed by atoms with van der Waals surface area (Å²) >= 11 is 0. The summed E-state index contributed by atoms with van der Waals surface area (Å²) in [6, 6.07) is 0. The zero-order valence-corrected chi connectivity index (χ0v) is 10.7. The topological polar surface area (TPSA) is 52.9 Å². The van der Waals surface area contributed by atoms with Crippen LogP contribution in [0.3, 0.4) is 0 Å². The number of nitrogens with zero attached hydrogens (tertiary/aromatic N) is 3. The average Bonchev–Trinajstić information content (AvgIpc) is 2.89. The van der Waals surface area contributed by atoms with Gasteiger partial charge in [-0.25, -0.2) is 9.48 Å². The van der Waals surface area contributed by atoms with Gasteiger partial charge in [0.2, 0.25) is 6.41 Å². The first-order valence-electron chi connectivity index (χ1n) is 6.67. The van der Waals surface area contributed by atoms with Gasteiger partial charge < -0.3 is 10.0 Å². The van der Waals surface area contributed by atoms with Crippen LogP contribution in [0.15, 0.2) is 17.4 Å². The van der Waals surface area contributed by atoms with Crippen LogP contribution in [0, 0.1) is 5.92 Å². The quantitative estimate of drug-likeness (QED) is 0.564. The summed E-state index contributed by atoms with van der Waals surface area (Å²) in [5.74, 6) is 0.725. The molecule has 1 unspecified atom stereocenters. The molecule has 1 atom stereocenters. The number of aliphatic hydroxyl groups is 1. The molecule has 100 valence electrons. The lowest BCUT2D eigenvalue weighted by molar-refractivity contribution is -0.802. The van der Waals surface area contributed by atoms with Crippen molar-refractivity contribution in [1.29, 1.82) is 0 Å². The summed E-state index contributed by atoms with van der Waals surface area (Å²) in [7, 11) is 0. The highest BCUT2D eigenvalue weighted by Gasteiger charge is 2.25. The van der Waals surface area contributed by atoms with Gasteiger partial charge in [0.05, 0.1) is 12.7 Å². The van der Waals surface area contributed by atoms with Gasteiger partial charge in [-0.05, 0) is 31.6 Å². The van der Waals surface area contributed by atoms with Crippen molar-refractivity contribution < 1.29 is 14.4 Å². The fraction of sp³-hybridized carbons (Fsp3) is 0.692. The molecule has 18 heavy (non-hydrogen) atoms. The van der Waals surface area contributed by atoms with Crippen LogP contribution in [0.4, 0.5) is 0 Å². The van der Waals surface area contributed by atoms with E-state index in [1.165, 1.54) is 6.42 Å². The van der Waals surface area contributed by atoms with Crippen LogP contribution < -0.4 is 0 Å². The Morgan fingerprint density at radius 3 is 2.78 bits per heavy atom. The highest BCUT2D eigenvalue weighted by molar-refractivity contribution is 5.50. The fourth-order valence-electron chi connectivity index (χ4n) is 2.69. The molecule has 0 radical (unpaired) electrons. The second-order valence-corrected chi connectivity index (χ2v) is 5.26. The predicted octanol–water partition coefficient (Wildman–Crippen LogP) is 0.915. The highest BCUT2D eigenvalue weighted by Crippen LogP contribution is 2.22. The number of hydrogen-bond acceptors (Lipinski definition) is 3. The van der Waals surface area contributed by atoms with Crippen molar-refractivity contribution in [3.63, 3.8) is 0 Å². The maximum absolute atomic E-state index is 10.6. The van der Waals surface area contributed by atoms with Gasteiger partial charge >= 0.3 is 0 Å². The van der Waals surface area contributed by atoms with Gasteiger partial charge in [-0.3, -0.25) is 4.79 Å². The highest BCUT2D eigenvalue weighted by atomic mass is 16.3. The van der Waals surface area contributed by atoms with Gasteiger partial charge in [-0.2, -0.15) is 0 Å². The van der Waals surface area contributed by atoms with E-state index in [2.05, 4.69) is 4.99 Å². The molecule has 1 N–H and O–H groups in total. The van der Waals surface area contributed by atoms with Crippen molar-refractivity contribution in [3.8, 4) is 0 Å². The van der Waals surface area contributed by atoms with E-state index in [0.717, 1.165) is 51.2 Å². The minimum atomic E-state index is 0.0869. The molecule has 1 amide bonds. The summed E-state index contributed by atoms with van der Waals surface area (Å²) in [6.07, 6.45) is 10.9. The molecule has 0 aliphatic carbocycles. The van der Waals surface area contributed by atoms with Crippen molar-refractivity contribution in [3.05, 3.63) is 12.4 Å². The first-order valence-corrected chi connectivity index (χ1v) is 6.67. The second kappa shape index (κ2) is 6.11. The van der Waals surface area contributed by atoms with E-state index in [4.69, 9.17) is 0 Å². The molecule has 2 rings (SSSR count). The Labute approximate surface area is 108 Å². The SMILES string of the molecule is O=CN1CCC(CCC[N+]2(CO)C=CN=C2)CC1. The van der Waals surface area contributed by atoms with E-state index < -0.39 is 0 Å². The van der Waals surface area contributed by atoms with Gasteiger partial charge in [0.25, 0.3) is 0 Å². The largest absolute Gasteiger partial charge is 0.347 e. The van der Waals surface area contributed by atoms with E-state index in [1.54, 1.807) is 12.5 Å². The van der Waals surface area contributed by atoms with E-state index in [9.17, 15) is 9.90 Å². The zero-order valence-electron chi connectivity index (χ0n) is 10.7. The molecular weight excluding hydrogens is 230 g/mol. The summed E-state index contributed by atoms with van der Waals surface area (Å²) in [5.41, 5.74) is 0. The molecule has 1 saturated heterocycles. The monoisotopic (exact) mass is 252 g/mol. The third kappa shape index (κ3) is 3.17. The molecule has 0 aromatic carbocycles. The first kappa shape index (κ1) is 13.2. The van der Waals surface area contributed by atoms with E-state index in [0.29, 0.717) is 4.48 Å². The fourth-order valence-corrected chi connectivity index (χ4v) is 2.69. The molecule has 0 saturated carbocycles. The van der Waals surface area contributed by atoms with Crippen molar-refractivity contribution in [2.75, 3.05) is 26.4 Å². The maximum Gasteiger partial charge on any atom is 0.209 e. The molecule has 1 fully saturated rings. The number of rotatable bonds is 6. The number of aliphatic imine (C=N–C) groups is 1. The van der Waals surface area contributed by atoms with Crippen LogP contribution in [-0.4, -0.2) is 53.6 Å². The Bertz CT molecular complexity index is 321. The molecule has 0 spiro atoms. The Kier molecular flexibility index (Phi) is 4.49. The Balaban J connectivity index is 1.68. The Morgan fingerprint density at radius 1 is 1.44 bits per heavy atom.